The number of unbranched alkanes of at least 4 members (excludes halogenated alkanes) is 26. The van der Waals surface area contributed by atoms with Gasteiger partial charge in [-0.05, 0) is 44.6 Å². The molecule has 1 unspecified atom stereocenters. The van der Waals surface area contributed by atoms with Crippen molar-refractivity contribution in [1.82, 2.24) is 0 Å². The van der Waals surface area contributed by atoms with Crippen LogP contribution in [0.3, 0.4) is 0 Å². The van der Waals surface area contributed by atoms with Gasteiger partial charge in [-0.15, -0.1) is 0 Å². The van der Waals surface area contributed by atoms with E-state index < -0.39 is 5.97 Å². The van der Waals surface area contributed by atoms with Crippen molar-refractivity contribution >= 4 is 11.9 Å². The Labute approximate surface area is 287 Å². The average molecular weight is 647 g/mol. The van der Waals surface area contributed by atoms with Crippen LogP contribution in [0.2, 0.25) is 0 Å². The summed E-state index contributed by atoms with van der Waals surface area (Å²) in [4.78, 5) is 23.3. The molecule has 0 aliphatic carbocycles. The summed E-state index contributed by atoms with van der Waals surface area (Å²) in [5.74, 6) is -0.802. The molecule has 0 aliphatic rings. The van der Waals surface area contributed by atoms with Gasteiger partial charge in [-0.3, -0.25) is 9.59 Å². The van der Waals surface area contributed by atoms with Crippen LogP contribution in [-0.4, -0.2) is 23.1 Å². The minimum atomic E-state index is -0.725. The molecule has 0 bridgehead atoms. The van der Waals surface area contributed by atoms with Gasteiger partial charge in [0.1, 0.15) is 6.10 Å². The second kappa shape index (κ2) is 37.9. The molecule has 1 N–H and O–H groups in total. The number of carbonyl (C=O) groups is 2. The van der Waals surface area contributed by atoms with E-state index in [0.717, 1.165) is 57.8 Å². The van der Waals surface area contributed by atoms with Crippen LogP contribution in [0.25, 0.3) is 0 Å². The first-order valence-electron chi connectivity index (χ1n) is 20.3. The highest BCUT2D eigenvalue weighted by molar-refractivity contribution is 5.69. The predicted octanol–water partition coefficient (Wildman–Crippen LogP) is 14.0. The first-order valence-corrected chi connectivity index (χ1v) is 20.3. The number of aliphatic carboxylic acids is 1. The average Bonchev–Trinajstić information content (AvgIpc) is 3.04. The highest BCUT2D eigenvalue weighted by Gasteiger charge is 2.11. The molecule has 0 spiro atoms. The number of esters is 1. The number of carbonyl (C=O) groups excluding carboxylic acids is 1. The standard InChI is InChI=1S/C42H78O4/c1-3-5-7-9-11-12-13-14-15-16-17-18-19-20-21-22-23-24-25-27-29-35-39-42(45)46-40(36-32-28-26-10-8-6-4-2)37-33-30-31-34-38-41(43)44/h10,26,32,36,40H,3-9,11-25,27-31,33-35,37-39H2,1-2H3,(H,43,44)/b26-10-,36-32-. The molecule has 0 saturated heterocycles. The zero-order valence-electron chi connectivity index (χ0n) is 30.9. The number of ether oxygens (including phenoxy) is 1. The summed E-state index contributed by atoms with van der Waals surface area (Å²) in [5.41, 5.74) is 0. The lowest BCUT2D eigenvalue weighted by Gasteiger charge is -2.14. The van der Waals surface area contributed by atoms with Gasteiger partial charge in [0, 0.05) is 12.8 Å². The summed E-state index contributed by atoms with van der Waals surface area (Å²) in [6.45, 7) is 4.50. The number of carboxylic acid groups (broad SMARTS) is 1. The van der Waals surface area contributed by atoms with Crippen molar-refractivity contribution in [3.05, 3.63) is 24.3 Å². The van der Waals surface area contributed by atoms with Crippen LogP contribution < -0.4 is 0 Å². The number of carboxylic acids is 1. The van der Waals surface area contributed by atoms with Gasteiger partial charge >= 0.3 is 11.9 Å². The van der Waals surface area contributed by atoms with Crippen molar-refractivity contribution in [3.8, 4) is 0 Å². The highest BCUT2D eigenvalue weighted by Crippen LogP contribution is 2.17. The Morgan fingerprint density at radius 3 is 1.37 bits per heavy atom. The minimum Gasteiger partial charge on any atom is -0.481 e. The molecule has 1 atom stereocenters. The summed E-state index contributed by atoms with van der Waals surface area (Å²) < 4.78 is 5.84. The Bertz CT molecular complexity index is 698. The van der Waals surface area contributed by atoms with E-state index in [2.05, 4.69) is 38.2 Å². The van der Waals surface area contributed by atoms with Crippen molar-refractivity contribution in [2.24, 2.45) is 0 Å². The molecule has 0 rings (SSSR count). The predicted molar refractivity (Wildman–Crippen MR) is 200 cm³/mol. The van der Waals surface area contributed by atoms with E-state index in [4.69, 9.17) is 9.84 Å². The van der Waals surface area contributed by atoms with Gasteiger partial charge in [0.05, 0.1) is 0 Å². The van der Waals surface area contributed by atoms with E-state index in [9.17, 15) is 9.59 Å². The van der Waals surface area contributed by atoms with Crippen molar-refractivity contribution < 1.29 is 19.4 Å². The zero-order valence-corrected chi connectivity index (χ0v) is 30.9. The summed E-state index contributed by atoms with van der Waals surface area (Å²) >= 11 is 0. The molecule has 0 aromatic rings. The van der Waals surface area contributed by atoms with Crippen LogP contribution in [-0.2, 0) is 14.3 Å². The summed E-state index contributed by atoms with van der Waals surface area (Å²) in [7, 11) is 0. The molecule has 46 heavy (non-hydrogen) atoms. The molecule has 270 valence electrons. The van der Waals surface area contributed by atoms with E-state index in [1.807, 2.05) is 0 Å². The third kappa shape index (κ3) is 36.9. The van der Waals surface area contributed by atoms with Crippen molar-refractivity contribution in [2.75, 3.05) is 0 Å². The molecule has 0 aromatic carbocycles. The lowest BCUT2D eigenvalue weighted by Crippen LogP contribution is -2.16. The van der Waals surface area contributed by atoms with Crippen LogP contribution in [0.4, 0.5) is 0 Å². The van der Waals surface area contributed by atoms with Crippen LogP contribution >= 0.6 is 0 Å². The Hall–Kier alpha value is -1.58. The van der Waals surface area contributed by atoms with Crippen LogP contribution in [0, 0.1) is 0 Å². The number of hydrogen-bond acceptors (Lipinski definition) is 3. The van der Waals surface area contributed by atoms with Crippen LogP contribution in [0.1, 0.15) is 226 Å². The normalized spacial score (nSPS) is 12.4. The third-order valence-electron chi connectivity index (χ3n) is 9.16. The van der Waals surface area contributed by atoms with E-state index >= 15 is 0 Å². The SMILES string of the molecule is CCCC/C=C\C/C=C\C(CCCCCCC(=O)O)OC(=O)CCCCCCCCCCCCCCCCCCCCCCCC. The van der Waals surface area contributed by atoms with Gasteiger partial charge in [-0.1, -0.05) is 193 Å². The highest BCUT2D eigenvalue weighted by atomic mass is 16.5. The Kier molecular flexibility index (Phi) is 36.6. The van der Waals surface area contributed by atoms with Gasteiger partial charge in [-0.2, -0.15) is 0 Å². The largest absolute Gasteiger partial charge is 0.481 e. The maximum absolute atomic E-state index is 12.5. The van der Waals surface area contributed by atoms with Gasteiger partial charge < -0.3 is 9.84 Å². The van der Waals surface area contributed by atoms with E-state index in [0.29, 0.717) is 6.42 Å². The molecule has 0 radical (unpaired) electrons. The Balaban J connectivity index is 3.76. The molecule has 0 saturated carbocycles. The maximum atomic E-state index is 12.5. The fourth-order valence-corrected chi connectivity index (χ4v) is 6.12. The topological polar surface area (TPSA) is 63.6 Å². The van der Waals surface area contributed by atoms with Gasteiger partial charge in [0.2, 0.25) is 0 Å². The van der Waals surface area contributed by atoms with Crippen LogP contribution in [0.15, 0.2) is 24.3 Å². The molecule has 0 amide bonds. The van der Waals surface area contributed by atoms with E-state index in [-0.39, 0.29) is 18.5 Å². The van der Waals surface area contributed by atoms with E-state index in [1.54, 1.807) is 0 Å². The lowest BCUT2D eigenvalue weighted by molar-refractivity contribution is -0.147. The zero-order chi connectivity index (χ0) is 33.6. The summed E-state index contributed by atoms with van der Waals surface area (Å²) in [6, 6.07) is 0. The Morgan fingerprint density at radius 1 is 0.500 bits per heavy atom. The first kappa shape index (κ1) is 44.4. The lowest BCUT2D eigenvalue weighted by atomic mass is 10.0. The van der Waals surface area contributed by atoms with Gasteiger partial charge in [-0.25, -0.2) is 0 Å². The molecule has 0 aliphatic heterocycles. The van der Waals surface area contributed by atoms with Gasteiger partial charge in [0.15, 0.2) is 0 Å². The minimum absolute atomic E-state index is 0.0767. The fourth-order valence-electron chi connectivity index (χ4n) is 6.12. The first-order chi connectivity index (χ1) is 22.6. The molecular formula is C42H78O4. The molecule has 4 nitrogen and oxygen atoms in total. The smallest absolute Gasteiger partial charge is 0.306 e. The van der Waals surface area contributed by atoms with Crippen molar-refractivity contribution in [2.45, 2.75) is 232 Å². The quantitative estimate of drug-likeness (QED) is 0.0414. The molecule has 0 heterocycles. The maximum Gasteiger partial charge on any atom is 0.306 e. The molecule has 0 aromatic heterocycles. The number of rotatable bonds is 37. The Morgan fingerprint density at radius 2 is 0.913 bits per heavy atom. The van der Waals surface area contributed by atoms with Crippen molar-refractivity contribution in [3.63, 3.8) is 0 Å². The number of hydrogen-bond donors (Lipinski definition) is 1. The second-order valence-electron chi connectivity index (χ2n) is 13.8. The fraction of sp³-hybridized carbons (Fsp3) is 0.857. The van der Waals surface area contributed by atoms with Crippen molar-refractivity contribution in [1.29, 1.82) is 0 Å². The van der Waals surface area contributed by atoms with E-state index in [1.165, 1.54) is 141 Å². The monoisotopic (exact) mass is 647 g/mol. The van der Waals surface area contributed by atoms with Crippen LogP contribution in [0.5, 0.6) is 0 Å². The number of allylic oxidation sites excluding steroid dienone is 3. The molecular weight excluding hydrogens is 568 g/mol. The summed E-state index contributed by atoms with van der Waals surface area (Å²) in [6.07, 6.45) is 48.1. The summed E-state index contributed by atoms with van der Waals surface area (Å²) in [5, 5.41) is 8.81. The van der Waals surface area contributed by atoms with Gasteiger partial charge in [0.25, 0.3) is 0 Å². The molecule has 4 heteroatoms. The second-order valence-corrected chi connectivity index (χ2v) is 13.8. The molecule has 0 fully saturated rings. The third-order valence-corrected chi connectivity index (χ3v) is 9.16.